The number of amides is 1. The summed E-state index contributed by atoms with van der Waals surface area (Å²) in [6.07, 6.45) is 1.56. The molecule has 0 aliphatic carbocycles. The van der Waals surface area contributed by atoms with Crippen LogP contribution >= 0.6 is 11.6 Å². The minimum Gasteiger partial charge on any atom is -0.497 e. The van der Waals surface area contributed by atoms with Crippen LogP contribution in [0.15, 0.2) is 53.7 Å². The van der Waals surface area contributed by atoms with Crippen molar-refractivity contribution in [2.45, 2.75) is 53.9 Å². The Balaban J connectivity index is 0.00000210. The molecule has 0 spiro atoms. The van der Waals surface area contributed by atoms with Crippen LogP contribution in [0.2, 0.25) is 5.02 Å². The van der Waals surface area contributed by atoms with E-state index in [1.807, 2.05) is 45.9 Å². The van der Waals surface area contributed by atoms with Crippen molar-refractivity contribution in [3.8, 4) is 5.75 Å². The van der Waals surface area contributed by atoms with Crippen molar-refractivity contribution >= 4 is 29.0 Å². The summed E-state index contributed by atoms with van der Waals surface area (Å²) in [6, 6.07) is 12.7. The van der Waals surface area contributed by atoms with Crippen LogP contribution in [0.1, 0.15) is 62.9 Å². The molecule has 1 amide bonds. The maximum Gasteiger partial charge on any atom is 0.266 e. The molecule has 0 atom stereocenters. The largest absolute Gasteiger partial charge is 0.497 e. The van der Waals surface area contributed by atoms with Crippen molar-refractivity contribution < 1.29 is 14.3 Å². The molecule has 0 radical (unpaired) electrons. The number of anilines is 1. The third kappa shape index (κ3) is 7.33. The predicted molar refractivity (Wildman–Crippen MR) is 144 cm³/mol. The number of carbonyl (C=O) groups excluding carboxylic acids is 2. The molecule has 35 heavy (non-hydrogen) atoms. The van der Waals surface area contributed by atoms with Gasteiger partial charge in [0.1, 0.15) is 5.75 Å². The van der Waals surface area contributed by atoms with Crippen LogP contribution < -0.4 is 10.1 Å². The van der Waals surface area contributed by atoms with Crippen molar-refractivity contribution in [1.29, 1.82) is 0 Å². The number of hydrazine groups is 1. The first-order valence-electron chi connectivity index (χ1n) is 12.4. The first-order valence-corrected chi connectivity index (χ1v) is 12.7. The zero-order valence-electron chi connectivity index (χ0n) is 21.8. The number of benzene rings is 2. The third-order valence-corrected chi connectivity index (χ3v) is 6.09. The van der Waals surface area contributed by atoms with Crippen molar-refractivity contribution in [1.82, 2.24) is 10.0 Å². The van der Waals surface area contributed by atoms with Gasteiger partial charge in [-0.15, -0.1) is 0 Å². The van der Waals surface area contributed by atoms with Crippen molar-refractivity contribution in [3.05, 3.63) is 69.9 Å². The SMILES string of the molecule is CC.CCCN(CC)N1CCC(Nc2ccc(C)cc2Cl)=C(CC(=O)c2ccc(OC)cc2)C1=O. The van der Waals surface area contributed by atoms with E-state index in [-0.39, 0.29) is 18.1 Å². The van der Waals surface area contributed by atoms with E-state index in [0.717, 1.165) is 36.5 Å². The highest BCUT2D eigenvalue weighted by atomic mass is 35.5. The molecule has 0 saturated heterocycles. The van der Waals surface area contributed by atoms with Gasteiger partial charge < -0.3 is 10.1 Å². The number of ether oxygens (including phenoxy) is 1. The number of Topliss-reactive ketones (excluding diaryl/α,β-unsaturated/α-hetero) is 1. The highest BCUT2D eigenvalue weighted by Gasteiger charge is 2.32. The maximum atomic E-state index is 13.6. The molecule has 1 heterocycles. The quantitative estimate of drug-likeness (QED) is 0.378. The topological polar surface area (TPSA) is 61.9 Å². The lowest BCUT2D eigenvalue weighted by atomic mass is 9.97. The van der Waals surface area contributed by atoms with Gasteiger partial charge in [0.2, 0.25) is 0 Å². The number of methoxy groups -OCH3 is 1. The number of nitrogens with zero attached hydrogens (tertiary/aromatic N) is 2. The number of aryl methyl sites for hydroxylation is 1. The minimum absolute atomic E-state index is 0.0111. The molecule has 7 heteroatoms. The van der Waals surface area contributed by atoms with Gasteiger partial charge in [-0.1, -0.05) is 45.4 Å². The maximum absolute atomic E-state index is 13.6. The number of halogens is 1. The van der Waals surface area contributed by atoms with Gasteiger partial charge in [0.15, 0.2) is 5.78 Å². The molecule has 1 aliphatic heterocycles. The van der Waals surface area contributed by atoms with E-state index in [9.17, 15) is 9.59 Å². The van der Waals surface area contributed by atoms with Gasteiger partial charge in [0, 0.05) is 49.3 Å². The van der Waals surface area contributed by atoms with Crippen LogP contribution in [0.5, 0.6) is 5.75 Å². The summed E-state index contributed by atoms with van der Waals surface area (Å²) >= 11 is 6.44. The number of nitrogens with one attached hydrogen (secondary N) is 1. The van der Waals surface area contributed by atoms with Gasteiger partial charge in [-0.3, -0.25) is 14.6 Å². The van der Waals surface area contributed by atoms with Gasteiger partial charge >= 0.3 is 0 Å². The average Bonchev–Trinajstić information content (AvgIpc) is 2.87. The van der Waals surface area contributed by atoms with E-state index >= 15 is 0 Å². The fourth-order valence-electron chi connectivity index (χ4n) is 3.98. The number of carbonyl (C=O) groups is 2. The van der Waals surface area contributed by atoms with Gasteiger partial charge in [-0.2, -0.15) is 0 Å². The van der Waals surface area contributed by atoms with Gasteiger partial charge in [-0.05, 0) is 55.3 Å². The third-order valence-electron chi connectivity index (χ3n) is 5.78. The molecule has 3 rings (SSSR count). The monoisotopic (exact) mass is 499 g/mol. The molecule has 0 fully saturated rings. The van der Waals surface area contributed by atoms with Gasteiger partial charge in [0.05, 0.1) is 17.8 Å². The number of hydrogen-bond acceptors (Lipinski definition) is 5. The molecule has 1 aliphatic rings. The predicted octanol–water partition coefficient (Wildman–Crippen LogP) is 6.50. The fourth-order valence-corrected chi connectivity index (χ4v) is 4.26. The number of ketones is 1. The Bertz CT molecular complexity index is 1030. The van der Waals surface area contributed by atoms with Crippen LogP contribution in [-0.2, 0) is 4.79 Å². The Labute approximate surface area is 214 Å². The molecule has 6 nitrogen and oxygen atoms in total. The van der Waals surface area contributed by atoms with Crippen LogP contribution in [0.25, 0.3) is 0 Å². The second kappa shape index (κ2) is 13.9. The van der Waals surface area contributed by atoms with Gasteiger partial charge in [0.25, 0.3) is 5.91 Å². The summed E-state index contributed by atoms with van der Waals surface area (Å²) in [6.45, 7) is 12.2. The molecule has 190 valence electrons. The standard InChI is InChI=1S/C26H32ClN3O3.C2H6/c1-5-14-29(6-2)30-15-13-23(28-24-12-7-18(3)16-22(24)27)21(26(30)32)17-25(31)19-8-10-20(33-4)11-9-19;1-2/h7-12,16,28H,5-6,13-15,17H2,1-4H3;1-2H3. The Morgan fingerprint density at radius 3 is 2.40 bits per heavy atom. The number of hydrogen-bond donors (Lipinski definition) is 1. The van der Waals surface area contributed by atoms with Crippen LogP contribution in [0, 0.1) is 6.92 Å². The summed E-state index contributed by atoms with van der Waals surface area (Å²) in [5.41, 5.74) is 3.55. The highest BCUT2D eigenvalue weighted by molar-refractivity contribution is 6.33. The van der Waals surface area contributed by atoms with Crippen molar-refractivity contribution in [2.75, 3.05) is 32.1 Å². The molecule has 0 saturated carbocycles. The molecule has 1 N–H and O–H groups in total. The Morgan fingerprint density at radius 2 is 1.83 bits per heavy atom. The Hall–Kier alpha value is -2.83. The van der Waals surface area contributed by atoms with Crippen molar-refractivity contribution in [3.63, 3.8) is 0 Å². The summed E-state index contributed by atoms with van der Waals surface area (Å²) < 4.78 is 5.19. The molecule has 0 aromatic heterocycles. The molecule has 2 aromatic rings. The first kappa shape index (κ1) is 28.4. The Morgan fingerprint density at radius 1 is 1.14 bits per heavy atom. The molecular formula is C28H38ClN3O3. The van der Waals surface area contributed by atoms with E-state index < -0.39 is 0 Å². The lowest BCUT2D eigenvalue weighted by Gasteiger charge is -2.38. The second-order valence-electron chi connectivity index (χ2n) is 8.12. The minimum atomic E-state index is -0.135. The highest BCUT2D eigenvalue weighted by Crippen LogP contribution is 2.30. The van der Waals surface area contributed by atoms with E-state index in [1.165, 1.54) is 0 Å². The number of rotatable bonds is 10. The smallest absolute Gasteiger partial charge is 0.266 e. The summed E-state index contributed by atoms with van der Waals surface area (Å²) in [7, 11) is 1.58. The second-order valence-corrected chi connectivity index (χ2v) is 8.53. The zero-order valence-corrected chi connectivity index (χ0v) is 22.5. The average molecular weight is 500 g/mol. The lowest BCUT2D eigenvalue weighted by Crippen LogP contribution is -2.50. The van der Waals surface area contributed by atoms with E-state index in [0.29, 0.717) is 34.9 Å². The summed E-state index contributed by atoms with van der Waals surface area (Å²) in [5.74, 6) is 0.431. The van der Waals surface area contributed by atoms with E-state index in [4.69, 9.17) is 16.3 Å². The van der Waals surface area contributed by atoms with E-state index in [2.05, 4.69) is 17.2 Å². The fraction of sp³-hybridized carbons (Fsp3) is 0.429. The zero-order chi connectivity index (χ0) is 26.0. The van der Waals surface area contributed by atoms with E-state index in [1.54, 1.807) is 36.4 Å². The molecule has 0 unspecified atom stereocenters. The van der Waals surface area contributed by atoms with Crippen LogP contribution in [-0.4, -0.2) is 48.5 Å². The Kier molecular flexibility index (Phi) is 11.3. The molecule has 0 bridgehead atoms. The van der Waals surface area contributed by atoms with Crippen LogP contribution in [0.4, 0.5) is 5.69 Å². The summed E-state index contributed by atoms with van der Waals surface area (Å²) in [4.78, 5) is 26.7. The first-order chi connectivity index (χ1) is 16.9. The molecular weight excluding hydrogens is 462 g/mol. The lowest BCUT2D eigenvalue weighted by molar-refractivity contribution is -0.145. The summed E-state index contributed by atoms with van der Waals surface area (Å²) in [5, 5.41) is 7.76. The van der Waals surface area contributed by atoms with Crippen LogP contribution in [0.3, 0.4) is 0 Å². The van der Waals surface area contributed by atoms with Crippen molar-refractivity contribution in [2.24, 2.45) is 0 Å². The van der Waals surface area contributed by atoms with Gasteiger partial charge in [-0.25, -0.2) is 5.01 Å². The normalized spacial score (nSPS) is 13.5. The molecule has 2 aromatic carbocycles.